The summed E-state index contributed by atoms with van der Waals surface area (Å²) in [5.41, 5.74) is 0.808. The Balaban J connectivity index is 1.59. The fraction of sp³-hybridized carbons (Fsp3) is 0.353. The fourth-order valence-corrected chi connectivity index (χ4v) is 3.60. The maximum atomic E-state index is 5.53. The molecule has 2 N–H and O–H groups in total. The minimum absolute atomic E-state index is 0.461. The second-order valence-corrected chi connectivity index (χ2v) is 7.39. The van der Waals surface area contributed by atoms with Crippen LogP contribution in [0.25, 0.3) is 10.8 Å². The first kappa shape index (κ1) is 17.6. The third kappa shape index (κ3) is 4.90. The van der Waals surface area contributed by atoms with Crippen LogP contribution in [-0.2, 0) is 19.5 Å². The van der Waals surface area contributed by atoms with Crippen molar-refractivity contribution < 1.29 is 4.42 Å². The van der Waals surface area contributed by atoms with Gasteiger partial charge >= 0.3 is 0 Å². The number of hydrogen-bond acceptors (Lipinski definition) is 6. The van der Waals surface area contributed by atoms with E-state index < -0.39 is 0 Å². The normalized spacial score (nSPS) is 11.7. The molecule has 0 aliphatic heterocycles. The smallest absolute Gasteiger partial charge is 0.236 e. The van der Waals surface area contributed by atoms with E-state index in [1.54, 1.807) is 28.9 Å². The predicted molar refractivity (Wildman–Crippen MR) is 103 cm³/mol. The molecule has 6 nitrogen and oxygen atoms in total. The van der Waals surface area contributed by atoms with Crippen molar-refractivity contribution in [3.63, 3.8) is 0 Å². The van der Waals surface area contributed by atoms with Crippen LogP contribution in [0.2, 0.25) is 0 Å². The van der Waals surface area contributed by atoms with Gasteiger partial charge in [0.2, 0.25) is 5.89 Å². The Hall–Kier alpha value is -2.19. The van der Waals surface area contributed by atoms with Gasteiger partial charge in [-0.3, -0.25) is 0 Å². The number of nitrogens with one attached hydrogen (secondary N) is 2. The Bertz CT molecular complexity index is 807. The van der Waals surface area contributed by atoms with Gasteiger partial charge in [-0.05, 0) is 24.8 Å². The Morgan fingerprint density at radius 3 is 2.96 bits per heavy atom. The Kier molecular flexibility index (Phi) is 6.19. The number of rotatable bonds is 7. The first-order valence-electron chi connectivity index (χ1n) is 8.22. The lowest BCUT2D eigenvalue weighted by molar-refractivity contribution is 0.574. The van der Waals surface area contributed by atoms with Gasteiger partial charge in [0.05, 0.1) is 18.0 Å². The number of thiophene rings is 1. The van der Waals surface area contributed by atoms with Gasteiger partial charge in [0.15, 0.2) is 5.96 Å². The summed E-state index contributed by atoms with van der Waals surface area (Å²) < 4.78 is 5.53. The van der Waals surface area contributed by atoms with E-state index in [4.69, 9.17) is 4.42 Å². The average molecular weight is 376 g/mol. The summed E-state index contributed by atoms with van der Waals surface area (Å²) >= 11 is 3.34. The monoisotopic (exact) mass is 375 g/mol. The highest BCUT2D eigenvalue weighted by molar-refractivity contribution is 7.13. The summed E-state index contributed by atoms with van der Waals surface area (Å²) in [6.07, 6.45) is 4.62. The van der Waals surface area contributed by atoms with Crippen molar-refractivity contribution in [1.29, 1.82) is 0 Å². The molecule has 3 rings (SSSR count). The molecule has 0 aliphatic carbocycles. The number of aliphatic imine (C=N–C) groups is 1. The first-order valence-corrected chi connectivity index (χ1v) is 9.92. The highest BCUT2D eigenvalue weighted by Crippen LogP contribution is 2.23. The molecule has 3 aromatic heterocycles. The molecule has 0 fully saturated rings. The molecule has 0 bridgehead atoms. The van der Waals surface area contributed by atoms with Crippen LogP contribution in [0.4, 0.5) is 0 Å². The molecule has 0 aromatic carbocycles. The van der Waals surface area contributed by atoms with Crippen LogP contribution >= 0.6 is 22.7 Å². The van der Waals surface area contributed by atoms with Crippen LogP contribution in [0.15, 0.2) is 39.4 Å². The van der Waals surface area contributed by atoms with Gasteiger partial charge in [0.25, 0.3) is 0 Å². The minimum Gasteiger partial charge on any atom is -0.443 e. The molecule has 132 valence electrons. The van der Waals surface area contributed by atoms with E-state index >= 15 is 0 Å². The fourth-order valence-electron chi connectivity index (χ4n) is 2.15. The van der Waals surface area contributed by atoms with E-state index in [1.807, 2.05) is 30.6 Å². The van der Waals surface area contributed by atoms with Gasteiger partial charge in [0.1, 0.15) is 17.0 Å². The Morgan fingerprint density at radius 2 is 2.24 bits per heavy atom. The van der Waals surface area contributed by atoms with Crippen LogP contribution in [0.3, 0.4) is 0 Å². The van der Waals surface area contributed by atoms with E-state index in [0.29, 0.717) is 19.0 Å². The maximum Gasteiger partial charge on any atom is 0.236 e. The number of hydrogen-bond donors (Lipinski definition) is 2. The second kappa shape index (κ2) is 8.77. The van der Waals surface area contributed by atoms with Gasteiger partial charge in [-0.15, -0.1) is 22.7 Å². The zero-order valence-corrected chi connectivity index (χ0v) is 15.9. The minimum atomic E-state index is 0.461. The van der Waals surface area contributed by atoms with Gasteiger partial charge in [-0.25, -0.2) is 15.0 Å². The molecular formula is C17H21N5OS2. The number of aromatic nitrogens is 2. The van der Waals surface area contributed by atoms with Crippen molar-refractivity contribution in [3.8, 4) is 10.8 Å². The largest absolute Gasteiger partial charge is 0.443 e. The van der Waals surface area contributed by atoms with Crippen molar-refractivity contribution in [3.05, 3.63) is 45.6 Å². The SMILES string of the molecule is CCNC(=NCc1coc(-c2cccs2)n1)NCc1ncc(CC)s1. The standard InChI is InChI=1S/C17H21N5OS2/c1-3-13-9-19-15(25-13)10-21-17(18-4-2)20-8-12-11-23-16(22-12)14-6-5-7-24-14/h5-7,9,11H,3-4,8,10H2,1-2H3,(H2,18,20,21). The third-order valence-electron chi connectivity index (χ3n) is 3.38. The van der Waals surface area contributed by atoms with Crippen LogP contribution < -0.4 is 10.6 Å². The van der Waals surface area contributed by atoms with Crippen molar-refractivity contribution in [2.45, 2.75) is 33.4 Å². The van der Waals surface area contributed by atoms with E-state index in [1.165, 1.54) is 4.88 Å². The zero-order chi connectivity index (χ0) is 17.5. The molecular weight excluding hydrogens is 354 g/mol. The summed E-state index contributed by atoms with van der Waals surface area (Å²) in [5.74, 6) is 1.39. The van der Waals surface area contributed by atoms with Crippen LogP contribution in [-0.4, -0.2) is 22.5 Å². The molecule has 0 amide bonds. The summed E-state index contributed by atoms with van der Waals surface area (Å²) in [4.78, 5) is 15.8. The van der Waals surface area contributed by atoms with Crippen molar-refractivity contribution >= 4 is 28.6 Å². The molecule has 3 heterocycles. The van der Waals surface area contributed by atoms with E-state index in [0.717, 1.165) is 34.5 Å². The topological polar surface area (TPSA) is 75.3 Å². The van der Waals surface area contributed by atoms with Crippen molar-refractivity contribution in [2.24, 2.45) is 4.99 Å². The van der Waals surface area contributed by atoms with Gasteiger partial charge in [-0.1, -0.05) is 13.0 Å². The first-order chi connectivity index (χ1) is 12.3. The average Bonchev–Trinajstić information content (AvgIpc) is 3.38. The highest BCUT2D eigenvalue weighted by Gasteiger charge is 2.08. The highest BCUT2D eigenvalue weighted by atomic mass is 32.1. The van der Waals surface area contributed by atoms with Crippen LogP contribution in [0, 0.1) is 0 Å². The zero-order valence-electron chi connectivity index (χ0n) is 14.3. The lowest BCUT2D eigenvalue weighted by Crippen LogP contribution is -2.36. The molecule has 3 aromatic rings. The molecule has 0 radical (unpaired) electrons. The molecule has 0 aliphatic rings. The molecule has 0 saturated heterocycles. The molecule has 0 saturated carbocycles. The lowest BCUT2D eigenvalue weighted by Gasteiger charge is -2.09. The van der Waals surface area contributed by atoms with Gasteiger partial charge in [0, 0.05) is 17.6 Å². The summed E-state index contributed by atoms with van der Waals surface area (Å²) in [6, 6.07) is 3.98. The molecule has 0 unspecified atom stereocenters. The van der Waals surface area contributed by atoms with Crippen LogP contribution in [0.5, 0.6) is 0 Å². The summed E-state index contributed by atoms with van der Waals surface area (Å²) in [7, 11) is 0. The molecule has 0 spiro atoms. The predicted octanol–water partition coefficient (Wildman–Crippen LogP) is 3.68. The number of aryl methyl sites for hydroxylation is 1. The molecule has 0 atom stereocenters. The van der Waals surface area contributed by atoms with Gasteiger partial charge in [-0.2, -0.15) is 0 Å². The quantitative estimate of drug-likeness (QED) is 0.487. The van der Waals surface area contributed by atoms with Crippen molar-refractivity contribution in [2.75, 3.05) is 6.54 Å². The lowest BCUT2D eigenvalue weighted by atomic mass is 10.4. The van der Waals surface area contributed by atoms with Crippen LogP contribution in [0.1, 0.15) is 29.4 Å². The van der Waals surface area contributed by atoms with Gasteiger partial charge < -0.3 is 15.1 Å². The Morgan fingerprint density at radius 1 is 1.32 bits per heavy atom. The third-order valence-corrected chi connectivity index (χ3v) is 5.38. The summed E-state index contributed by atoms with van der Waals surface area (Å²) in [5, 5.41) is 9.61. The second-order valence-electron chi connectivity index (χ2n) is 5.24. The van der Waals surface area contributed by atoms with E-state index in [9.17, 15) is 0 Å². The molecule has 8 heteroatoms. The number of thiazole rings is 1. The number of guanidine groups is 1. The maximum absolute atomic E-state index is 5.53. The van der Waals surface area contributed by atoms with Crippen molar-refractivity contribution in [1.82, 2.24) is 20.6 Å². The number of oxazole rings is 1. The van der Waals surface area contributed by atoms with E-state index in [-0.39, 0.29) is 0 Å². The summed E-state index contributed by atoms with van der Waals surface area (Å²) in [6.45, 7) is 6.10. The molecule has 25 heavy (non-hydrogen) atoms. The van der Waals surface area contributed by atoms with E-state index in [2.05, 4.69) is 32.5 Å². The number of nitrogens with zero attached hydrogens (tertiary/aromatic N) is 3. The Labute approximate surface area is 155 Å².